The summed E-state index contributed by atoms with van der Waals surface area (Å²) in [6, 6.07) is 0. The average Bonchev–Trinajstić information content (AvgIpc) is 2.86. The van der Waals surface area contributed by atoms with E-state index in [-0.39, 0.29) is 11.4 Å². The van der Waals surface area contributed by atoms with Crippen molar-refractivity contribution in [2.45, 2.75) is 38.1 Å². The zero-order valence-corrected chi connectivity index (χ0v) is 10.2. The Morgan fingerprint density at radius 1 is 1.71 bits per heavy atom. The van der Waals surface area contributed by atoms with E-state index in [9.17, 15) is 4.79 Å². The summed E-state index contributed by atoms with van der Waals surface area (Å²) in [5, 5.41) is 9.54. The summed E-state index contributed by atoms with van der Waals surface area (Å²) in [4.78, 5) is 12.1. The first-order valence-electron chi connectivity index (χ1n) is 6.19. The first kappa shape index (κ1) is 12.1. The van der Waals surface area contributed by atoms with E-state index >= 15 is 0 Å². The lowest BCUT2D eigenvalue weighted by Crippen LogP contribution is -2.59. The van der Waals surface area contributed by atoms with Gasteiger partial charge in [0.2, 0.25) is 0 Å². The number of hydrogen-bond donors (Lipinski definition) is 3. The Morgan fingerprint density at radius 3 is 3.12 bits per heavy atom. The summed E-state index contributed by atoms with van der Waals surface area (Å²) < 4.78 is 0. The van der Waals surface area contributed by atoms with Crippen LogP contribution in [0.1, 0.15) is 43.0 Å². The van der Waals surface area contributed by atoms with Gasteiger partial charge in [0.1, 0.15) is 0 Å². The molecular weight excluding hydrogens is 216 g/mol. The van der Waals surface area contributed by atoms with Crippen LogP contribution in [-0.2, 0) is 0 Å². The van der Waals surface area contributed by atoms with Crippen molar-refractivity contribution in [3.63, 3.8) is 0 Å². The summed E-state index contributed by atoms with van der Waals surface area (Å²) in [5.74, 6) is 0.343. The van der Waals surface area contributed by atoms with Gasteiger partial charge in [-0.15, -0.1) is 0 Å². The van der Waals surface area contributed by atoms with Gasteiger partial charge in [-0.1, -0.05) is 19.8 Å². The minimum atomic E-state index is -0.243. The zero-order chi connectivity index (χ0) is 12.3. The molecule has 1 saturated carbocycles. The second-order valence-electron chi connectivity index (χ2n) is 4.95. The van der Waals surface area contributed by atoms with Crippen LogP contribution in [0.15, 0.2) is 12.4 Å². The summed E-state index contributed by atoms with van der Waals surface area (Å²) >= 11 is 0. The molecule has 5 nitrogen and oxygen atoms in total. The summed E-state index contributed by atoms with van der Waals surface area (Å²) in [5.41, 5.74) is 6.21. The maximum absolute atomic E-state index is 12.1. The number of amides is 1. The van der Waals surface area contributed by atoms with E-state index in [1.165, 1.54) is 12.6 Å². The molecule has 1 fully saturated rings. The van der Waals surface area contributed by atoms with Gasteiger partial charge in [0.15, 0.2) is 0 Å². The molecule has 2 rings (SSSR count). The molecule has 0 saturated heterocycles. The molecule has 1 aromatic heterocycles. The van der Waals surface area contributed by atoms with Gasteiger partial charge >= 0.3 is 0 Å². The number of nitrogens with one attached hydrogen (secondary N) is 2. The minimum Gasteiger partial charge on any atom is -0.345 e. The molecule has 0 bridgehead atoms. The highest BCUT2D eigenvalue weighted by Crippen LogP contribution is 2.33. The van der Waals surface area contributed by atoms with Gasteiger partial charge in [0.25, 0.3) is 5.91 Å². The van der Waals surface area contributed by atoms with E-state index in [0.29, 0.717) is 18.0 Å². The van der Waals surface area contributed by atoms with Crippen LogP contribution >= 0.6 is 0 Å². The van der Waals surface area contributed by atoms with Gasteiger partial charge < -0.3 is 11.1 Å². The van der Waals surface area contributed by atoms with E-state index in [1.54, 1.807) is 6.20 Å². The fraction of sp³-hybridized carbons (Fsp3) is 0.667. The third-order valence-electron chi connectivity index (χ3n) is 3.94. The molecule has 0 radical (unpaired) electrons. The van der Waals surface area contributed by atoms with Crippen LogP contribution in [0, 0.1) is 5.92 Å². The number of nitrogens with zero attached hydrogens (tertiary/aromatic N) is 1. The van der Waals surface area contributed by atoms with Gasteiger partial charge in [-0.3, -0.25) is 9.89 Å². The standard InChI is InChI=1S/C12H20N4O/c1-9-4-2-3-5-12(9,8-13)16-11(17)10-6-14-15-7-10/h6-7,9H,2-5,8,13H2,1H3,(H,14,15)(H,16,17). The molecule has 1 aliphatic carbocycles. The Bertz CT molecular complexity index is 376. The van der Waals surface area contributed by atoms with E-state index in [4.69, 9.17) is 5.73 Å². The number of rotatable bonds is 3. The maximum atomic E-state index is 12.1. The lowest BCUT2D eigenvalue weighted by Gasteiger charge is -2.42. The zero-order valence-electron chi connectivity index (χ0n) is 10.2. The molecule has 0 aliphatic heterocycles. The van der Waals surface area contributed by atoms with E-state index in [2.05, 4.69) is 22.4 Å². The van der Waals surface area contributed by atoms with Crippen molar-refractivity contribution < 1.29 is 4.79 Å². The minimum absolute atomic E-state index is 0.0852. The molecule has 1 amide bonds. The third-order valence-corrected chi connectivity index (χ3v) is 3.94. The van der Waals surface area contributed by atoms with Gasteiger partial charge in [-0.25, -0.2) is 0 Å². The van der Waals surface area contributed by atoms with Crippen molar-refractivity contribution in [3.05, 3.63) is 18.0 Å². The van der Waals surface area contributed by atoms with Crippen LogP contribution in [0.2, 0.25) is 0 Å². The van der Waals surface area contributed by atoms with Gasteiger partial charge in [-0.05, 0) is 18.8 Å². The highest BCUT2D eigenvalue weighted by Gasteiger charge is 2.38. The quantitative estimate of drug-likeness (QED) is 0.733. The SMILES string of the molecule is CC1CCCCC1(CN)NC(=O)c1cn[nH]c1. The molecule has 1 aromatic rings. The number of hydrogen-bond acceptors (Lipinski definition) is 3. The van der Waals surface area contributed by atoms with E-state index in [0.717, 1.165) is 19.3 Å². The van der Waals surface area contributed by atoms with Crippen LogP contribution in [0.5, 0.6) is 0 Å². The number of nitrogens with two attached hydrogens (primary N) is 1. The fourth-order valence-corrected chi connectivity index (χ4v) is 2.63. The second-order valence-corrected chi connectivity index (χ2v) is 4.95. The normalized spacial score (nSPS) is 28.9. The summed E-state index contributed by atoms with van der Waals surface area (Å²) in [6.45, 7) is 2.67. The van der Waals surface area contributed by atoms with Crippen LogP contribution in [-0.4, -0.2) is 28.2 Å². The summed E-state index contributed by atoms with van der Waals surface area (Å²) in [6.07, 6.45) is 7.59. The lowest BCUT2D eigenvalue weighted by atomic mass is 9.73. The van der Waals surface area contributed by atoms with Crippen LogP contribution in [0.4, 0.5) is 0 Å². The molecule has 0 spiro atoms. The molecule has 4 N–H and O–H groups in total. The Balaban J connectivity index is 2.11. The number of carbonyl (C=O) groups is 1. The average molecular weight is 236 g/mol. The van der Waals surface area contributed by atoms with Crippen molar-refractivity contribution in [2.75, 3.05) is 6.54 Å². The molecular formula is C12H20N4O. The maximum Gasteiger partial charge on any atom is 0.254 e. The fourth-order valence-electron chi connectivity index (χ4n) is 2.63. The molecule has 5 heteroatoms. The van der Waals surface area contributed by atoms with Crippen molar-refractivity contribution in [3.8, 4) is 0 Å². The smallest absolute Gasteiger partial charge is 0.254 e. The predicted molar refractivity (Wildman–Crippen MR) is 65.5 cm³/mol. The Hall–Kier alpha value is -1.36. The number of aromatic amines is 1. The number of carbonyl (C=O) groups excluding carboxylic acids is 1. The van der Waals surface area contributed by atoms with Crippen LogP contribution in [0.25, 0.3) is 0 Å². The first-order valence-corrected chi connectivity index (χ1v) is 6.19. The molecule has 2 atom stereocenters. The summed E-state index contributed by atoms with van der Waals surface area (Å²) in [7, 11) is 0. The largest absolute Gasteiger partial charge is 0.345 e. The number of aromatic nitrogens is 2. The van der Waals surface area contributed by atoms with Gasteiger partial charge in [0, 0.05) is 12.7 Å². The highest BCUT2D eigenvalue weighted by molar-refractivity contribution is 5.94. The van der Waals surface area contributed by atoms with Crippen molar-refractivity contribution in [2.24, 2.45) is 11.7 Å². The monoisotopic (exact) mass is 236 g/mol. The Labute approximate surface area is 101 Å². The lowest BCUT2D eigenvalue weighted by molar-refractivity contribution is 0.0813. The van der Waals surface area contributed by atoms with E-state index < -0.39 is 0 Å². The second kappa shape index (κ2) is 4.87. The molecule has 0 aromatic carbocycles. The Morgan fingerprint density at radius 2 is 2.53 bits per heavy atom. The number of H-pyrrole nitrogens is 1. The van der Waals surface area contributed by atoms with E-state index in [1.807, 2.05) is 0 Å². The molecule has 94 valence electrons. The molecule has 2 unspecified atom stereocenters. The van der Waals surface area contributed by atoms with Crippen LogP contribution in [0.3, 0.4) is 0 Å². The molecule has 1 heterocycles. The van der Waals surface area contributed by atoms with Crippen LogP contribution < -0.4 is 11.1 Å². The first-order chi connectivity index (χ1) is 8.18. The molecule has 17 heavy (non-hydrogen) atoms. The van der Waals surface area contributed by atoms with Crippen molar-refractivity contribution in [1.29, 1.82) is 0 Å². The van der Waals surface area contributed by atoms with Crippen molar-refractivity contribution in [1.82, 2.24) is 15.5 Å². The Kier molecular flexibility index (Phi) is 3.47. The van der Waals surface area contributed by atoms with Gasteiger partial charge in [0.05, 0.1) is 17.3 Å². The predicted octanol–water partition coefficient (Wildman–Crippen LogP) is 1.05. The third kappa shape index (κ3) is 2.34. The topological polar surface area (TPSA) is 83.8 Å². The van der Waals surface area contributed by atoms with Gasteiger partial charge in [-0.2, -0.15) is 5.10 Å². The van der Waals surface area contributed by atoms with Crippen molar-refractivity contribution >= 4 is 5.91 Å². The molecule has 1 aliphatic rings. The highest BCUT2D eigenvalue weighted by atomic mass is 16.1.